The molecule has 1 amide bonds. The zero-order chi connectivity index (χ0) is 25.6. The van der Waals surface area contributed by atoms with E-state index in [1.54, 1.807) is 11.8 Å². The maximum atomic E-state index is 12.8. The van der Waals surface area contributed by atoms with E-state index >= 15 is 0 Å². The number of ether oxygens (including phenoxy) is 1. The van der Waals surface area contributed by atoms with Crippen LogP contribution in [0.25, 0.3) is 0 Å². The highest BCUT2D eigenvalue weighted by Gasteiger charge is 2.39. The lowest BCUT2D eigenvalue weighted by molar-refractivity contribution is -0.161. The third-order valence-electron chi connectivity index (χ3n) is 6.64. The van der Waals surface area contributed by atoms with E-state index in [4.69, 9.17) is 9.84 Å². The quantitative estimate of drug-likeness (QED) is 0.364. The van der Waals surface area contributed by atoms with Gasteiger partial charge in [-0.3, -0.25) is 14.7 Å². The molecule has 0 radical (unpaired) electrons. The number of thioether (sulfide) groups is 1. The monoisotopic (exact) mass is 500 g/mol. The number of aliphatic imine (C=N–C) groups is 1. The minimum Gasteiger partial charge on any atom is -0.481 e. The van der Waals surface area contributed by atoms with Crippen LogP contribution in [0, 0.1) is 17.3 Å². The molecule has 0 bridgehead atoms. The molecular formula is C24H40N2O7S. The summed E-state index contributed by atoms with van der Waals surface area (Å²) in [4.78, 5) is 40.7. The molecule has 2 rings (SSSR count). The molecular weight excluding hydrogens is 460 g/mol. The molecule has 0 aromatic carbocycles. The minimum atomic E-state index is -1.10. The second kappa shape index (κ2) is 12.2. The van der Waals surface area contributed by atoms with E-state index in [0.717, 1.165) is 9.94 Å². The number of rotatable bonds is 11. The summed E-state index contributed by atoms with van der Waals surface area (Å²) in [5.74, 6) is -1.40. The number of carbonyl (C=O) groups is 3. The largest absolute Gasteiger partial charge is 0.481 e. The SMILES string of the molecule is C[C@H](C[C@H](OC(=O)C1CCCN1C(=O)O)C(C)(C)C)C[C@H](O)[C@H](C)C1=NC[C@@H](CCC(=O)O)S1. The van der Waals surface area contributed by atoms with Crippen LogP contribution in [-0.4, -0.2) is 79.9 Å². The Balaban J connectivity index is 1.90. The standard InChI is InChI=1S/C24H40N2O7S/c1-14(11-18(27)15(2)21-25-13-16(34-21)8-9-20(28)29)12-19(24(3,4)5)33-22(30)17-7-6-10-26(17)23(31)32/h14-19,27H,6-13H2,1-5H3,(H,28,29)(H,31,32)/t14-,15-,16+,17?,18-,19-/m0/s1. The van der Waals surface area contributed by atoms with Crippen LogP contribution < -0.4 is 0 Å². The highest BCUT2D eigenvalue weighted by molar-refractivity contribution is 8.14. The van der Waals surface area contributed by atoms with E-state index in [1.165, 1.54) is 0 Å². The molecule has 0 saturated carbocycles. The van der Waals surface area contributed by atoms with Gasteiger partial charge in [0.1, 0.15) is 12.1 Å². The van der Waals surface area contributed by atoms with Crippen molar-refractivity contribution < 1.29 is 34.4 Å². The number of carboxylic acid groups (broad SMARTS) is 2. The summed E-state index contributed by atoms with van der Waals surface area (Å²) in [5, 5.41) is 30.1. The van der Waals surface area contributed by atoms with E-state index in [9.17, 15) is 24.6 Å². The van der Waals surface area contributed by atoms with Gasteiger partial charge in [0, 0.05) is 24.1 Å². The summed E-state index contributed by atoms with van der Waals surface area (Å²) in [6.45, 7) is 10.8. The van der Waals surface area contributed by atoms with Gasteiger partial charge >= 0.3 is 18.0 Å². The van der Waals surface area contributed by atoms with Gasteiger partial charge in [-0.15, -0.1) is 11.8 Å². The molecule has 10 heteroatoms. The predicted molar refractivity (Wildman–Crippen MR) is 131 cm³/mol. The molecule has 3 N–H and O–H groups in total. The third kappa shape index (κ3) is 8.15. The van der Waals surface area contributed by atoms with Gasteiger partial charge < -0.3 is 20.1 Å². The van der Waals surface area contributed by atoms with E-state index in [-0.39, 0.29) is 28.9 Å². The molecule has 1 unspecified atom stereocenters. The summed E-state index contributed by atoms with van der Waals surface area (Å²) in [6.07, 6.45) is 0.731. The molecule has 0 aromatic rings. The van der Waals surface area contributed by atoms with Crippen LogP contribution >= 0.6 is 11.8 Å². The van der Waals surface area contributed by atoms with Crippen molar-refractivity contribution in [2.45, 2.75) is 96.6 Å². The number of aliphatic hydroxyl groups excluding tert-OH is 1. The second-order valence-corrected chi connectivity index (χ2v) is 12.0. The lowest BCUT2D eigenvalue weighted by Crippen LogP contribution is -2.44. The number of likely N-dealkylation sites (tertiary alicyclic amines) is 1. The van der Waals surface area contributed by atoms with Crippen LogP contribution in [0.15, 0.2) is 4.99 Å². The van der Waals surface area contributed by atoms with Crippen molar-refractivity contribution in [2.75, 3.05) is 13.1 Å². The van der Waals surface area contributed by atoms with Gasteiger partial charge in [0.2, 0.25) is 0 Å². The average Bonchev–Trinajstić information content (AvgIpc) is 3.40. The first kappa shape index (κ1) is 28.4. The average molecular weight is 501 g/mol. The number of amides is 1. The van der Waals surface area contributed by atoms with Gasteiger partial charge in [-0.2, -0.15) is 0 Å². The number of carbonyl (C=O) groups excluding carboxylic acids is 1. The van der Waals surface area contributed by atoms with E-state index in [0.29, 0.717) is 45.2 Å². The zero-order valence-corrected chi connectivity index (χ0v) is 21.7. The summed E-state index contributed by atoms with van der Waals surface area (Å²) in [7, 11) is 0. The zero-order valence-electron chi connectivity index (χ0n) is 20.9. The van der Waals surface area contributed by atoms with Crippen LogP contribution in [0.2, 0.25) is 0 Å². The Morgan fingerprint density at radius 2 is 1.88 bits per heavy atom. The Bertz CT molecular complexity index is 767. The molecule has 2 heterocycles. The molecule has 194 valence electrons. The Morgan fingerprint density at radius 1 is 1.21 bits per heavy atom. The molecule has 6 atom stereocenters. The fraction of sp³-hybridized carbons (Fsp3) is 0.833. The van der Waals surface area contributed by atoms with Gasteiger partial charge in [-0.05, 0) is 43.4 Å². The second-order valence-electron chi connectivity index (χ2n) is 10.7. The van der Waals surface area contributed by atoms with E-state index in [1.807, 2.05) is 34.6 Å². The first-order chi connectivity index (χ1) is 15.8. The molecule has 9 nitrogen and oxygen atoms in total. The minimum absolute atomic E-state index is 0.0587. The predicted octanol–water partition coefficient (Wildman–Crippen LogP) is 3.88. The van der Waals surface area contributed by atoms with Crippen LogP contribution in [0.5, 0.6) is 0 Å². The highest BCUT2D eigenvalue weighted by atomic mass is 32.2. The number of esters is 1. The van der Waals surface area contributed by atoms with Crippen molar-refractivity contribution in [1.82, 2.24) is 4.90 Å². The van der Waals surface area contributed by atoms with Crippen molar-refractivity contribution >= 4 is 34.8 Å². The molecule has 0 aliphatic carbocycles. The number of hydrogen-bond acceptors (Lipinski definition) is 7. The molecule has 0 spiro atoms. The van der Waals surface area contributed by atoms with E-state index < -0.39 is 36.3 Å². The number of aliphatic hydroxyl groups is 1. The highest BCUT2D eigenvalue weighted by Crippen LogP contribution is 2.34. The molecule has 2 aliphatic heterocycles. The Morgan fingerprint density at radius 3 is 2.47 bits per heavy atom. The molecule has 34 heavy (non-hydrogen) atoms. The molecule has 2 aliphatic rings. The number of aliphatic carboxylic acids is 1. The lowest BCUT2D eigenvalue weighted by atomic mass is 9.81. The van der Waals surface area contributed by atoms with Crippen LogP contribution in [-0.2, 0) is 14.3 Å². The summed E-state index contributed by atoms with van der Waals surface area (Å²) in [5.41, 5.74) is -0.337. The summed E-state index contributed by atoms with van der Waals surface area (Å²) < 4.78 is 5.85. The Labute approximate surface area is 206 Å². The van der Waals surface area contributed by atoms with Crippen molar-refractivity contribution in [3.8, 4) is 0 Å². The Hall–Kier alpha value is -1.81. The Kier molecular flexibility index (Phi) is 10.2. The van der Waals surface area contributed by atoms with Gasteiger partial charge in [0.25, 0.3) is 0 Å². The van der Waals surface area contributed by atoms with Gasteiger partial charge in [-0.25, -0.2) is 9.59 Å². The summed E-state index contributed by atoms with van der Waals surface area (Å²) >= 11 is 1.56. The maximum absolute atomic E-state index is 12.8. The van der Waals surface area contributed by atoms with Crippen molar-refractivity contribution in [3.05, 3.63) is 0 Å². The fourth-order valence-electron chi connectivity index (χ4n) is 4.40. The third-order valence-corrected chi connectivity index (χ3v) is 8.10. The molecule has 1 saturated heterocycles. The summed E-state index contributed by atoms with van der Waals surface area (Å²) in [6, 6.07) is -0.755. The van der Waals surface area contributed by atoms with Gasteiger partial charge in [-0.1, -0.05) is 34.6 Å². The maximum Gasteiger partial charge on any atom is 0.408 e. The van der Waals surface area contributed by atoms with Gasteiger partial charge in [0.15, 0.2) is 0 Å². The first-order valence-electron chi connectivity index (χ1n) is 12.1. The normalized spacial score (nSPS) is 24.3. The van der Waals surface area contributed by atoms with Crippen LogP contribution in [0.3, 0.4) is 0 Å². The first-order valence-corrected chi connectivity index (χ1v) is 13.0. The van der Waals surface area contributed by atoms with Crippen molar-refractivity contribution in [2.24, 2.45) is 22.2 Å². The van der Waals surface area contributed by atoms with E-state index in [2.05, 4.69) is 4.99 Å². The number of carboxylic acids is 1. The van der Waals surface area contributed by atoms with Crippen molar-refractivity contribution in [3.63, 3.8) is 0 Å². The lowest BCUT2D eigenvalue weighted by Gasteiger charge is -2.34. The molecule has 1 fully saturated rings. The van der Waals surface area contributed by atoms with Crippen LogP contribution in [0.4, 0.5) is 4.79 Å². The number of nitrogens with zero attached hydrogens (tertiary/aromatic N) is 2. The number of hydrogen-bond donors (Lipinski definition) is 3. The molecule has 0 aromatic heterocycles. The smallest absolute Gasteiger partial charge is 0.408 e. The van der Waals surface area contributed by atoms with Crippen LogP contribution in [0.1, 0.15) is 73.1 Å². The van der Waals surface area contributed by atoms with Gasteiger partial charge in [0.05, 0.1) is 17.7 Å². The topological polar surface area (TPSA) is 137 Å². The van der Waals surface area contributed by atoms with Crippen molar-refractivity contribution in [1.29, 1.82) is 0 Å². The fourth-order valence-corrected chi connectivity index (χ4v) is 5.65.